The molecule has 0 bridgehead atoms. The lowest BCUT2D eigenvalue weighted by atomic mass is 9.93. The molecule has 1 aromatic heterocycles. The molecule has 0 N–H and O–H groups in total. The van der Waals surface area contributed by atoms with Crippen LogP contribution in [0, 0.1) is 11.7 Å². The van der Waals surface area contributed by atoms with Gasteiger partial charge in [-0.1, -0.05) is 17.3 Å². The molecule has 0 atom stereocenters. The molecule has 0 unspecified atom stereocenters. The van der Waals surface area contributed by atoms with E-state index in [9.17, 15) is 9.18 Å². The van der Waals surface area contributed by atoms with Gasteiger partial charge in [-0.2, -0.15) is 4.98 Å². The third kappa shape index (κ3) is 5.48. The molecule has 0 saturated carbocycles. The van der Waals surface area contributed by atoms with Crippen molar-refractivity contribution in [1.29, 1.82) is 0 Å². The van der Waals surface area contributed by atoms with Crippen molar-refractivity contribution < 1.29 is 18.4 Å². The Labute approximate surface area is 181 Å². The topological polar surface area (TPSA) is 68.5 Å². The maximum absolute atomic E-state index is 13.1. The highest BCUT2D eigenvalue weighted by Crippen LogP contribution is 2.24. The van der Waals surface area contributed by atoms with Crippen molar-refractivity contribution in [3.8, 4) is 17.1 Å². The first-order valence-electron chi connectivity index (χ1n) is 10.7. The summed E-state index contributed by atoms with van der Waals surface area (Å²) >= 11 is 0. The number of likely N-dealkylation sites (tertiary alicyclic amines) is 1. The molecule has 2 heterocycles. The van der Waals surface area contributed by atoms with Crippen LogP contribution >= 0.6 is 0 Å². The molecule has 162 valence electrons. The molecule has 7 heteroatoms. The number of carbonyl (C=O) groups excluding carboxylic acids is 1. The minimum atomic E-state index is -0.295. The highest BCUT2D eigenvalue weighted by molar-refractivity contribution is 5.78. The molecule has 0 aliphatic carbocycles. The number of carbonyl (C=O) groups is 1. The normalized spacial score (nSPS) is 14.6. The first-order valence-corrected chi connectivity index (χ1v) is 10.7. The van der Waals surface area contributed by atoms with E-state index in [2.05, 4.69) is 10.1 Å². The zero-order valence-corrected chi connectivity index (χ0v) is 17.6. The second-order valence-corrected chi connectivity index (χ2v) is 7.80. The van der Waals surface area contributed by atoms with Gasteiger partial charge in [0.2, 0.25) is 17.6 Å². The number of benzene rings is 2. The Balaban J connectivity index is 1.26. The minimum Gasteiger partial charge on any atom is -0.494 e. The van der Waals surface area contributed by atoms with Crippen molar-refractivity contribution in [1.82, 2.24) is 15.0 Å². The minimum absolute atomic E-state index is 0.152. The van der Waals surface area contributed by atoms with Crippen LogP contribution in [-0.2, 0) is 17.6 Å². The molecule has 1 aliphatic heterocycles. The summed E-state index contributed by atoms with van der Waals surface area (Å²) in [5, 5.41) is 4.01. The number of ether oxygens (including phenoxy) is 1. The van der Waals surface area contributed by atoms with Gasteiger partial charge in [0.05, 0.1) is 13.0 Å². The Kier molecular flexibility index (Phi) is 6.60. The van der Waals surface area contributed by atoms with Gasteiger partial charge in [-0.05, 0) is 67.6 Å². The predicted molar refractivity (Wildman–Crippen MR) is 114 cm³/mol. The van der Waals surface area contributed by atoms with Crippen LogP contribution < -0.4 is 4.74 Å². The van der Waals surface area contributed by atoms with Crippen LogP contribution in [0.2, 0.25) is 0 Å². The van der Waals surface area contributed by atoms with Gasteiger partial charge in [-0.3, -0.25) is 4.79 Å². The first-order chi connectivity index (χ1) is 15.1. The maximum atomic E-state index is 13.1. The third-order valence-electron chi connectivity index (χ3n) is 5.59. The lowest BCUT2D eigenvalue weighted by molar-refractivity contribution is -0.131. The van der Waals surface area contributed by atoms with Gasteiger partial charge in [-0.15, -0.1) is 0 Å². The monoisotopic (exact) mass is 423 g/mol. The molecule has 4 rings (SSSR count). The van der Waals surface area contributed by atoms with Crippen molar-refractivity contribution in [2.75, 3.05) is 19.7 Å². The highest BCUT2D eigenvalue weighted by Gasteiger charge is 2.24. The standard InChI is InChI=1S/C24H26FN3O3/c1-2-30-21-9-3-17(4-10-21)16-23(29)28-13-11-18(12-14-28)15-22-26-24(27-31-22)19-5-7-20(25)8-6-19/h3-10,18H,2,11-16H2,1H3. The zero-order valence-electron chi connectivity index (χ0n) is 17.6. The van der Waals surface area contributed by atoms with E-state index in [-0.39, 0.29) is 11.7 Å². The van der Waals surface area contributed by atoms with E-state index in [4.69, 9.17) is 9.26 Å². The van der Waals surface area contributed by atoms with Gasteiger partial charge in [-0.25, -0.2) is 4.39 Å². The van der Waals surface area contributed by atoms with Crippen LogP contribution in [-0.4, -0.2) is 40.6 Å². The van der Waals surface area contributed by atoms with Gasteiger partial charge in [0.1, 0.15) is 11.6 Å². The lowest BCUT2D eigenvalue weighted by Crippen LogP contribution is -2.39. The van der Waals surface area contributed by atoms with Crippen molar-refractivity contribution in [2.45, 2.75) is 32.6 Å². The SMILES string of the molecule is CCOc1ccc(CC(=O)N2CCC(Cc3nc(-c4ccc(F)cc4)no3)CC2)cc1. The predicted octanol–water partition coefficient (Wildman–Crippen LogP) is 4.30. The maximum Gasteiger partial charge on any atom is 0.227 e. The van der Waals surface area contributed by atoms with E-state index >= 15 is 0 Å². The molecule has 1 fully saturated rings. The molecule has 0 radical (unpaired) electrons. The van der Waals surface area contributed by atoms with Crippen LogP contribution in [0.4, 0.5) is 4.39 Å². The molecular formula is C24H26FN3O3. The van der Waals surface area contributed by atoms with E-state index in [1.165, 1.54) is 12.1 Å². The van der Waals surface area contributed by atoms with Gasteiger partial charge >= 0.3 is 0 Å². The summed E-state index contributed by atoms with van der Waals surface area (Å²) in [5.41, 5.74) is 1.72. The summed E-state index contributed by atoms with van der Waals surface area (Å²) in [6, 6.07) is 13.7. The number of halogens is 1. The molecule has 1 amide bonds. The summed E-state index contributed by atoms with van der Waals surface area (Å²) in [6.45, 7) is 4.05. The van der Waals surface area contributed by atoms with Crippen LogP contribution in [0.3, 0.4) is 0 Å². The fourth-order valence-electron chi connectivity index (χ4n) is 3.84. The molecule has 3 aromatic rings. The summed E-state index contributed by atoms with van der Waals surface area (Å²) in [7, 11) is 0. The van der Waals surface area contributed by atoms with Crippen LogP contribution in [0.5, 0.6) is 5.75 Å². The molecule has 1 aliphatic rings. The van der Waals surface area contributed by atoms with Crippen molar-refractivity contribution in [3.05, 3.63) is 65.8 Å². The van der Waals surface area contributed by atoms with Gasteiger partial charge in [0, 0.05) is 25.1 Å². The van der Waals surface area contributed by atoms with Crippen molar-refractivity contribution in [2.24, 2.45) is 5.92 Å². The Hall–Kier alpha value is -3.22. The van der Waals surface area contributed by atoms with Crippen LogP contribution in [0.25, 0.3) is 11.4 Å². The molecule has 1 saturated heterocycles. The van der Waals surface area contributed by atoms with Gasteiger partial charge < -0.3 is 14.2 Å². The van der Waals surface area contributed by atoms with E-state index in [1.54, 1.807) is 12.1 Å². The fourth-order valence-corrected chi connectivity index (χ4v) is 3.84. The molecule has 2 aromatic carbocycles. The summed E-state index contributed by atoms with van der Waals surface area (Å²) < 4.78 is 23.9. The molecule has 31 heavy (non-hydrogen) atoms. The van der Waals surface area contributed by atoms with Gasteiger partial charge in [0.15, 0.2) is 0 Å². The Bertz CT molecular complexity index is 994. The smallest absolute Gasteiger partial charge is 0.227 e. The second-order valence-electron chi connectivity index (χ2n) is 7.80. The third-order valence-corrected chi connectivity index (χ3v) is 5.59. The fraction of sp³-hybridized carbons (Fsp3) is 0.375. The molecule has 6 nitrogen and oxygen atoms in total. The lowest BCUT2D eigenvalue weighted by Gasteiger charge is -2.31. The first kappa shape index (κ1) is 21.0. The number of amides is 1. The quantitative estimate of drug-likeness (QED) is 0.567. The van der Waals surface area contributed by atoms with Crippen molar-refractivity contribution in [3.63, 3.8) is 0 Å². The summed E-state index contributed by atoms with van der Waals surface area (Å²) in [6.07, 6.45) is 2.91. The molecule has 0 spiro atoms. The number of hydrogen-bond acceptors (Lipinski definition) is 5. The largest absolute Gasteiger partial charge is 0.494 e. The van der Waals surface area contributed by atoms with Crippen LogP contribution in [0.1, 0.15) is 31.2 Å². The Morgan fingerprint density at radius 3 is 2.52 bits per heavy atom. The van der Waals surface area contributed by atoms with E-state index in [0.29, 0.717) is 37.1 Å². The average molecular weight is 423 g/mol. The average Bonchev–Trinajstić information content (AvgIpc) is 3.25. The number of piperidine rings is 1. The zero-order chi connectivity index (χ0) is 21.6. The number of hydrogen-bond donors (Lipinski definition) is 0. The number of aromatic nitrogens is 2. The van der Waals surface area contributed by atoms with E-state index in [1.807, 2.05) is 36.1 Å². The molecular weight excluding hydrogens is 397 g/mol. The number of rotatable bonds is 7. The van der Waals surface area contributed by atoms with E-state index < -0.39 is 0 Å². The van der Waals surface area contributed by atoms with Gasteiger partial charge in [0.25, 0.3) is 0 Å². The summed E-state index contributed by atoms with van der Waals surface area (Å²) in [4.78, 5) is 19.0. The van der Waals surface area contributed by atoms with E-state index in [0.717, 1.165) is 42.8 Å². The Morgan fingerprint density at radius 2 is 1.84 bits per heavy atom. The highest BCUT2D eigenvalue weighted by atomic mass is 19.1. The summed E-state index contributed by atoms with van der Waals surface area (Å²) in [5.74, 6) is 2.13. The van der Waals surface area contributed by atoms with Crippen LogP contribution in [0.15, 0.2) is 53.1 Å². The second kappa shape index (κ2) is 9.73. The van der Waals surface area contributed by atoms with Crippen molar-refractivity contribution >= 4 is 5.91 Å². The Morgan fingerprint density at radius 1 is 1.13 bits per heavy atom. The number of nitrogens with zero attached hydrogens (tertiary/aromatic N) is 3.